The number of nitrogens with two attached hydrogens (primary N) is 1. The molecule has 6 heteroatoms. The van der Waals surface area contributed by atoms with Gasteiger partial charge in [-0.15, -0.1) is 0 Å². The van der Waals surface area contributed by atoms with Crippen LogP contribution in [0.5, 0.6) is 5.75 Å². The third kappa shape index (κ3) is 3.26. The molecule has 4 N–H and O–H groups in total. The van der Waals surface area contributed by atoms with Crippen molar-refractivity contribution in [3.05, 3.63) is 23.2 Å². The van der Waals surface area contributed by atoms with E-state index in [0.717, 1.165) is 18.5 Å². The van der Waals surface area contributed by atoms with Gasteiger partial charge in [0.2, 0.25) is 0 Å². The highest BCUT2D eigenvalue weighted by Gasteiger charge is 2.56. The standard InChI is InChI=1S/C17H24ClN3O2/c1-23-14-4-3-12(7-13(14)18)21-15(19)20-10-17(11-22)8-16(9-17)5-2-6-16/h3-4,7,22H,2,5-6,8-11H2,1H3,(H3,19,20,21). The zero-order valence-corrected chi connectivity index (χ0v) is 14.2. The van der Waals surface area contributed by atoms with Crippen LogP contribution in [0.1, 0.15) is 32.1 Å². The molecule has 23 heavy (non-hydrogen) atoms. The number of methoxy groups -OCH3 is 1. The molecule has 0 radical (unpaired) electrons. The summed E-state index contributed by atoms with van der Waals surface area (Å²) in [6.07, 6.45) is 6.07. The van der Waals surface area contributed by atoms with E-state index in [9.17, 15) is 5.11 Å². The first-order valence-electron chi connectivity index (χ1n) is 8.01. The Morgan fingerprint density at radius 2 is 2.17 bits per heavy atom. The topological polar surface area (TPSA) is 79.9 Å². The van der Waals surface area contributed by atoms with Crippen molar-refractivity contribution in [3.8, 4) is 5.75 Å². The van der Waals surface area contributed by atoms with Gasteiger partial charge in [0.05, 0.1) is 25.3 Å². The summed E-state index contributed by atoms with van der Waals surface area (Å²) in [6, 6.07) is 5.36. The van der Waals surface area contributed by atoms with Gasteiger partial charge in [-0.2, -0.15) is 0 Å². The quantitative estimate of drug-likeness (QED) is 0.570. The fourth-order valence-corrected chi connectivity index (χ4v) is 4.29. The van der Waals surface area contributed by atoms with Gasteiger partial charge in [0, 0.05) is 11.1 Å². The number of aliphatic imine (C=N–C) groups is 1. The molecule has 126 valence electrons. The normalized spacial score (nSPS) is 21.4. The number of ether oxygens (including phenoxy) is 1. The molecule has 5 nitrogen and oxygen atoms in total. The van der Waals surface area contributed by atoms with Gasteiger partial charge in [0.15, 0.2) is 5.96 Å². The molecule has 2 saturated carbocycles. The smallest absolute Gasteiger partial charge is 0.193 e. The summed E-state index contributed by atoms with van der Waals surface area (Å²) < 4.78 is 5.12. The zero-order chi connectivity index (χ0) is 16.5. The van der Waals surface area contributed by atoms with E-state index in [1.54, 1.807) is 19.2 Å². The van der Waals surface area contributed by atoms with Crippen LogP contribution in [-0.4, -0.2) is 31.3 Å². The zero-order valence-electron chi connectivity index (χ0n) is 13.4. The summed E-state index contributed by atoms with van der Waals surface area (Å²) in [4.78, 5) is 4.43. The summed E-state index contributed by atoms with van der Waals surface area (Å²) in [5, 5.41) is 13.3. The molecule has 2 fully saturated rings. The van der Waals surface area contributed by atoms with E-state index in [1.807, 2.05) is 6.07 Å². The number of hydrogen-bond donors (Lipinski definition) is 3. The molecule has 1 spiro atoms. The second kappa shape index (κ2) is 6.21. The molecule has 2 aliphatic rings. The number of anilines is 1. The van der Waals surface area contributed by atoms with Crippen LogP contribution in [0.25, 0.3) is 0 Å². The Morgan fingerprint density at radius 3 is 2.70 bits per heavy atom. The van der Waals surface area contributed by atoms with Crippen LogP contribution in [0.15, 0.2) is 23.2 Å². The molecule has 0 heterocycles. The predicted octanol–water partition coefficient (Wildman–Crippen LogP) is 3.02. The minimum absolute atomic E-state index is 0.0791. The Morgan fingerprint density at radius 1 is 1.43 bits per heavy atom. The lowest BCUT2D eigenvalue weighted by Crippen LogP contribution is -2.54. The fraction of sp³-hybridized carbons (Fsp3) is 0.588. The van der Waals surface area contributed by atoms with Crippen LogP contribution < -0.4 is 15.8 Å². The van der Waals surface area contributed by atoms with E-state index in [2.05, 4.69) is 10.3 Å². The number of benzene rings is 1. The molecule has 0 unspecified atom stereocenters. The summed E-state index contributed by atoms with van der Waals surface area (Å²) in [6.45, 7) is 0.744. The maximum absolute atomic E-state index is 9.72. The molecule has 0 bridgehead atoms. The maximum atomic E-state index is 9.72. The highest BCUT2D eigenvalue weighted by molar-refractivity contribution is 6.32. The van der Waals surface area contributed by atoms with Gasteiger partial charge in [0.1, 0.15) is 5.75 Å². The number of aliphatic hydroxyl groups is 1. The van der Waals surface area contributed by atoms with Crippen molar-refractivity contribution in [1.29, 1.82) is 0 Å². The van der Waals surface area contributed by atoms with Crippen LogP contribution in [0, 0.1) is 10.8 Å². The molecule has 1 aromatic rings. The average molecular weight is 338 g/mol. The van der Waals surface area contributed by atoms with E-state index in [0.29, 0.717) is 28.7 Å². The molecular formula is C17H24ClN3O2. The third-order valence-electron chi connectivity index (χ3n) is 5.26. The lowest BCUT2D eigenvalue weighted by atomic mass is 9.45. The summed E-state index contributed by atoms with van der Waals surface area (Å²) in [5.41, 5.74) is 7.15. The average Bonchev–Trinajstić information content (AvgIpc) is 2.45. The molecule has 0 amide bonds. The third-order valence-corrected chi connectivity index (χ3v) is 5.55. The van der Waals surface area contributed by atoms with Crippen LogP contribution >= 0.6 is 11.6 Å². The summed E-state index contributed by atoms with van der Waals surface area (Å²) in [7, 11) is 1.58. The second-order valence-electron chi connectivity index (χ2n) is 7.04. The number of rotatable bonds is 5. The van der Waals surface area contributed by atoms with Crippen molar-refractivity contribution >= 4 is 23.2 Å². The largest absolute Gasteiger partial charge is 0.495 e. The van der Waals surface area contributed by atoms with Gasteiger partial charge < -0.3 is 20.9 Å². The van der Waals surface area contributed by atoms with Crippen molar-refractivity contribution in [2.45, 2.75) is 32.1 Å². The first-order chi connectivity index (χ1) is 11.0. The van der Waals surface area contributed by atoms with Gasteiger partial charge in [-0.25, -0.2) is 0 Å². The van der Waals surface area contributed by atoms with Crippen molar-refractivity contribution in [2.75, 3.05) is 25.6 Å². The molecule has 0 aromatic heterocycles. The van der Waals surface area contributed by atoms with Crippen molar-refractivity contribution < 1.29 is 9.84 Å². The highest BCUT2D eigenvalue weighted by atomic mass is 35.5. The van der Waals surface area contributed by atoms with Crippen LogP contribution in [0.3, 0.4) is 0 Å². The van der Waals surface area contributed by atoms with Crippen LogP contribution in [-0.2, 0) is 0 Å². The predicted molar refractivity (Wildman–Crippen MR) is 93.2 cm³/mol. The van der Waals surface area contributed by atoms with Gasteiger partial charge in [-0.1, -0.05) is 18.0 Å². The number of nitrogens with one attached hydrogen (secondary N) is 1. The molecule has 0 atom stereocenters. The van der Waals surface area contributed by atoms with Crippen molar-refractivity contribution in [2.24, 2.45) is 21.6 Å². The molecule has 1 aromatic carbocycles. The lowest BCUT2D eigenvalue weighted by molar-refractivity contribution is -0.114. The number of nitrogens with zero attached hydrogens (tertiary/aromatic N) is 1. The second-order valence-corrected chi connectivity index (χ2v) is 7.45. The fourth-order valence-electron chi connectivity index (χ4n) is 4.03. The first-order valence-corrected chi connectivity index (χ1v) is 8.39. The lowest BCUT2D eigenvalue weighted by Gasteiger charge is -2.60. The van der Waals surface area contributed by atoms with E-state index >= 15 is 0 Å². The van der Waals surface area contributed by atoms with Gasteiger partial charge in [0.25, 0.3) is 0 Å². The number of hydrogen-bond acceptors (Lipinski definition) is 3. The monoisotopic (exact) mass is 337 g/mol. The minimum Gasteiger partial charge on any atom is -0.495 e. The van der Waals surface area contributed by atoms with Crippen molar-refractivity contribution in [1.82, 2.24) is 0 Å². The van der Waals surface area contributed by atoms with E-state index < -0.39 is 0 Å². The Bertz CT molecular complexity index is 606. The molecular weight excluding hydrogens is 314 g/mol. The summed E-state index contributed by atoms with van der Waals surface area (Å²) >= 11 is 6.09. The Kier molecular flexibility index (Phi) is 4.43. The highest BCUT2D eigenvalue weighted by Crippen LogP contribution is 2.64. The first kappa shape index (κ1) is 16.4. The van der Waals surface area contributed by atoms with Crippen LogP contribution in [0.4, 0.5) is 5.69 Å². The SMILES string of the molecule is COc1ccc(NC(N)=NCC2(CO)CC3(CCC3)C2)cc1Cl. The Balaban J connectivity index is 1.58. The minimum atomic E-state index is -0.0791. The van der Waals surface area contributed by atoms with E-state index in [4.69, 9.17) is 22.1 Å². The summed E-state index contributed by atoms with van der Waals surface area (Å²) in [5.74, 6) is 0.959. The van der Waals surface area contributed by atoms with Crippen LogP contribution in [0.2, 0.25) is 5.02 Å². The number of guanidine groups is 1. The van der Waals surface area contributed by atoms with E-state index in [1.165, 1.54) is 19.3 Å². The number of aliphatic hydroxyl groups excluding tert-OH is 1. The molecule has 0 saturated heterocycles. The van der Waals surface area contributed by atoms with Gasteiger partial charge >= 0.3 is 0 Å². The molecule has 2 aliphatic carbocycles. The molecule has 3 rings (SSSR count). The van der Waals surface area contributed by atoms with Gasteiger partial charge in [-0.3, -0.25) is 4.99 Å². The van der Waals surface area contributed by atoms with Crippen molar-refractivity contribution in [3.63, 3.8) is 0 Å². The Labute approximate surface area is 141 Å². The maximum Gasteiger partial charge on any atom is 0.193 e. The molecule has 0 aliphatic heterocycles. The van der Waals surface area contributed by atoms with Gasteiger partial charge in [-0.05, 0) is 49.3 Å². The number of halogens is 1. The van der Waals surface area contributed by atoms with E-state index in [-0.39, 0.29) is 12.0 Å². The Hall–Kier alpha value is -1.46.